The predicted octanol–water partition coefficient (Wildman–Crippen LogP) is 7.06. The first-order valence-corrected chi connectivity index (χ1v) is 12.6. The van der Waals surface area contributed by atoms with Crippen molar-refractivity contribution in [1.29, 1.82) is 0 Å². The lowest BCUT2D eigenvalue weighted by molar-refractivity contribution is -0.152. The highest BCUT2D eigenvalue weighted by Gasteiger charge is 2.31. The molecule has 0 spiro atoms. The Labute approximate surface area is 223 Å². The number of aromatic nitrogens is 2. The van der Waals surface area contributed by atoms with Gasteiger partial charge in [-0.15, -0.1) is 0 Å². The normalized spacial score (nSPS) is 13.9. The molecule has 5 rings (SSSR count). The van der Waals surface area contributed by atoms with Gasteiger partial charge >= 0.3 is 12.1 Å². The third-order valence-corrected chi connectivity index (χ3v) is 6.65. The summed E-state index contributed by atoms with van der Waals surface area (Å²) in [4.78, 5) is 20.7. The van der Waals surface area contributed by atoms with Crippen molar-refractivity contribution in [1.82, 2.24) is 9.97 Å². The fourth-order valence-corrected chi connectivity index (χ4v) is 4.31. The molecular formula is C30H27F3N2O4. The number of rotatable bonds is 9. The number of fused-ring (bicyclic) bond motifs is 1. The first-order valence-electron chi connectivity index (χ1n) is 12.6. The number of benzene rings is 3. The van der Waals surface area contributed by atoms with Gasteiger partial charge in [-0.05, 0) is 55.8 Å². The Morgan fingerprint density at radius 2 is 1.77 bits per heavy atom. The molecule has 1 fully saturated rings. The average Bonchev–Trinajstić information content (AvgIpc) is 3.74. The largest absolute Gasteiger partial charge is 0.492 e. The maximum absolute atomic E-state index is 12.9. The van der Waals surface area contributed by atoms with Gasteiger partial charge in [-0.25, -0.2) is 14.8 Å². The van der Waals surface area contributed by atoms with Crippen molar-refractivity contribution in [2.45, 2.75) is 50.8 Å². The van der Waals surface area contributed by atoms with E-state index in [4.69, 9.17) is 14.5 Å². The van der Waals surface area contributed by atoms with E-state index in [1.54, 1.807) is 18.3 Å². The Morgan fingerprint density at radius 3 is 2.44 bits per heavy atom. The standard InChI is InChI=1S/C30H27F3N2O4/c1-29(2,28(36)37)39-23-15-20-5-3-4-6-24(20)25(16-23)38-14-13-21-17-34-27(35-26(21)18-7-8-18)19-9-11-22(12-10-19)30(31,32)33/h3-6,9-12,15-18H,7-8,13-14H2,1-2H3,(H,36,37). The molecule has 39 heavy (non-hydrogen) atoms. The number of ether oxygens (including phenoxy) is 2. The molecule has 9 heteroatoms. The van der Waals surface area contributed by atoms with Crippen LogP contribution < -0.4 is 9.47 Å². The zero-order valence-corrected chi connectivity index (χ0v) is 21.5. The molecule has 1 aromatic heterocycles. The molecule has 0 saturated heterocycles. The van der Waals surface area contributed by atoms with E-state index in [-0.39, 0.29) is 0 Å². The number of alkyl halides is 3. The topological polar surface area (TPSA) is 81.5 Å². The van der Waals surface area contributed by atoms with Gasteiger partial charge in [0.1, 0.15) is 11.5 Å². The molecule has 0 amide bonds. The van der Waals surface area contributed by atoms with Crippen molar-refractivity contribution in [3.05, 3.63) is 83.7 Å². The molecule has 0 atom stereocenters. The first-order chi connectivity index (χ1) is 18.5. The van der Waals surface area contributed by atoms with Crippen LogP contribution in [0.3, 0.4) is 0 Å². The summed E-state index contributed by atoms with van der Waals surface area (Å²) >= 11 is 0. The predicted molar refractivity (Wildman–Crippen MR) is 140 cm³/mol. The fourth-order valence-electron chi connectivity index (χ4n) is 4.31. The van der Waals surface area contributed by atoms with Gasteiger partial charge in [0.15, 0.2) is 11.4 Å². The summed E-state index contributed by atoms with van der Waals surface area (Å²) in [5.41, 5.74) is 0.229. The van der Waals surface area contributed by atoms with Gasteiger partial charge in [-0.3, -0.25) is 0 Å². The molecule has 6 nitrogen and oxygen atoms in total. The van der Waals surface area contributed by atoms with E-state index in [1.165, 1.54) is 26.0 Å². The zero-order chi connectivity index (χ0) is 27.8. The van der Waals surface area contributed by atoms with Crippen LogP contribution in [0, 0.1) is 0 Å². The second-order valence-electron chi connectivity index (χ2n) is 10.1. The molecule has 1 N–H and O–H groups in total. The Kier molecular flexibility index (Phi) is 6.92. The van der Waals surface area contributed by atoms with Crippen LogP contribution in [0.4, 0.5) is 13.2 Å². The summed E-state index contributed by atoms with van der Waals surface area (Å²) in [5, 5.41) is 11.2. The molecule has 0 aliphatic heterocycles. The molecule has 4 aromatic rings. The number of aliphatic carboxylic acids is 1. The Balaban J connectivity index is 1.35. The Hall–Kier alpha value is -4.14. The van der Waals surface area contributed by atoms with Crippen molar-refractivity contribution in [3.63, 3.8) is 0 Å². The Bertz CT molecular complexity index is 1510. The summed E-state index contributed by atoms with van der Waals surface area (Å²) in [6.45, 7) is 3.29. The maximum atomic E-state index is 12.9. The minimum absolute atomic E-state index is 0.298. The van der Waals surface area contributed by atoms with E-state index < -0.39 is 23.3 Å². The number of hydrogen-bond donors (Lipinski definition) is 1. The lowest BCUT2D eigenvalue weighted by Gasteiger charge is -2.22. The Morgan fingerprint density at radius 1 is 1.05 bits per heavy atom. The second kappa shape index (κ2) is 10.2. The number of carboxylic acid groups (broad SMARTS) is 1. The van der Waals surface area contributed by atoms with E-state index in [0.29, 0.717) is 41.8 Å². The van der Waals surface area contributed by atoms with E-state index >= 15 is 0 Å². The van der Waals surface area contributed by atoms with Crippen molar-refractivity contribution in [2.75, 3.05) is 6.61 Å². The van der Waals surface area contributed by atoms with Crippen LogP contribution in [0.1, 0.15) is 49.4 Å². The van der Waals surface area contributed by atoms with Crippen molar-refractivity contribution in [3.8, 4) is 22.9 Å². The summed E-state index contributed by atoms with van der Waals surface area (Å²) in [6.07, 6.45) is -0.142. The molecule has 0 unspecified atom stereocenters. The average molecular weight is 537 g/mol. The second-order valence-corrected chi connectivity index (χ2v) is 10.1. The van der Waals surface area contributed by atoms with Gasteiger partial charge in [0, 0.05) is 35.6 Å². The molecule has 0 bridgehead atoms. The molecular weight excluding hydrogens is 509 g/mol. The van der Waals surface area contributed by atoms with E-state index in [1.807, 2.05) is 24.3 Å². The van der Waals surface area contributed by atoms with Crippen molar-refractivity contribution >= 4 is 16.7 Å². The van der Waals surface area contributed by atoms with Crippen molar-refractivity contribution < 1.29 is 32.5 Å². The molecule has 0 radical (unpaired) electrons. The van der Waals surface area contributed by atoms with Gasteiger partial charge in [0.05, 0.1) is 17.9 Å². The van der Waals surface area contributed by atoms with Gasteiger partial charge in [-0.2, -0.15) is 13.2 Å². The van der Waals surface area contributed by atoms with Crippen LogP contribution >= 0.6 is 0 Å². The van der Waals surface area contributed by atoms with E-state index in [2.05, 4.69) is 4.98 Å². The van der Waals surface area contributed by atoms with Crippen LogP contribution in [0.5, 0.6) is 11.5 Å². The number of halogens is 3. The summed E-state index contributed by atoms with van der Waals surface area (Å²) in [5.74, 6) is 0.572. The summed E-state index contributed by atoms with van der Waals surface area (Å²) in [6, 6.07) is 16.0. The smallest absolute Gasteiger partial charge is 0.416 e. The van der Waals surface area contributed by atoms with Crippen molar-refractivity contribution in [2.24, 2.45) is 0 Å². The monoisotopic (exact) mass is 536 g/mol. The number of nitrogens with zero attached hydrogens (tertiary/aromatic N) is 2. The van der Waals surface area contributed by atoms with E-state index in [9.17, 15) is 23.1 Å². The van der Waals surface area contributed by atoms with Crippen LogP contribution in [-0.4, -0.2) is 33.3 Å². The highest BCUT2D eigenvalue weighted by molar-refractivity contribution is 5.90. The lowest BCUT2D eigenvalue weighted by atomic mass is 10.1. The fraction of sp³-hybridized carbons (Fsp3) is 0.300. The minimum atomic E-state index is -4.40. The van der Waals surface area contributed by atoms with Gasteiger partial charge in [0.2, 0.25) is 0 Å². The molecule has 1 saturated carbocycles. The summed E-state index contributed by atoms with van der Waals surface area (Å²) < 4.78 is 50.7. The van der Waals surface area contributed by atoms with E-state index in [0.717, 1.165) is 47.0 Å². The number of carboxylic acids is 1. The van der Waals surface area contributed by atoms with Gasteiger partial charge in [0.25, 0.3) is 0 Å². The van der Waals surface area contributed by atoms with Crippen LogP contribution in [0.15, 0.2) is 66.9 Å². The number of hydrogen-bond acceptors (Lipinski definition) is 5. The minimum Gasteiger partial charge on any atom is -0.492 e. The molecule has 1 aliphatic rings. The maximum Gasteiger partial charge on any atom is 0.416 e. The third-order valence-electron chi connectivity index (χ3n) is 6.65. The molecule has 1 heterocycles. The highest BCUT2D eigenvalue weighted by Crippen LogP contribution is 2.41. The SMILES string of the molecule is CC(C)(Oc1cc(OCCc2cnc(-c3ccc(C(F)(F)F)cc3)nc2C2CC2)c2ccccc2c1)C(=O)O. The molecule has 202 valence electrons. The van der Waals surface area contributed by atoms with Gasteiger partial charge in [-0.1, -0.05) is 36.4 Å². The van der Waals surface area contributed by atoms with Crippen LogP contribution in [-0.2, 0) is 17.4 Å². The lowest BCUT2D eigenvalue weighted by Crippen LogP contribution is -2.37. The number of carbonyl (C=O) groups is 1. The summed E-state index contributed by atoms with van der Waals surface area (Å²) in [7, 11) is 0. The van der Waals surface area contributed by atoms with Crippen LogP contribution in [0.25, 0.3) is 22.2 Å². The third kappa shape index (κ3) is 5.97. The first kappa shape index (κ1) is 26.5. The zero-order valence-electron chi connectivity index (χ0n) is 21.5. The molecule has 3 aromatic carbocycles. The highest BCUT2D eigenvalue weighted by atomic mass is 19.4. The van der Waals surface area contributed by atoms with Gasteiger partial charge < -0.3 is 14.6 Å². The quantitative estimate of drug-likeness (QED) is 0.247. The van der Waals surface area contributed by atoms with Crippen LogP contribution in [0.2, 0.25) is 0 Å². The molecule has 1 aliphatic carbocycles.